The minimum Gasteiger partial charge on any atom is -0.465 e. The number of carbonyl (C=O) groups is 2. The lowest BCUT2D eigenvalue weighted by Gasteiger charge is -2.32. The number of nitrogens with zero attached hydrogens (tertiary/aromatic N) is 3. The third-order valence-electron chi connectivity index (χ3n) is 6.40. The molecule has 1 saturated heterocycles. The van der Waals surface area contributed by atoms with E-state index in [-0.39, 0.29) is 29.7 Å². The number of ether oxygens (including phenoxy) is 1. The van der Waals surface area contributed by atoms with E-state index < -0.39 is 21.9 Å². The predicted molar refractivity (Wildman–Crippen MR) is 139 cm³/mol. The van der Waals surface area contributed by atoms with Crippen molar-refractivity contribution in [3.63, 3.8) is 0 Å². The Morgan fingerprint density at radius 3 is 2.53 bits per heavy atom. The van der Waals surface area contributed by atoms with Crippen LogP contribution in [0, 0.1) is 0 Å². The van der Waals surface area contributed by atoms with Gasteiger partial charge in [-0.25, -0.2) is 8.42 Å². The summed E-state index contributed by atoms with van der Waals surface area (Å²) in [6, 6.07) is 11.8. The fourth-order valence-corrected chi connectivity index (χ4v) is 7.19. The first-order valence-electron chi connectivity index (χ1n) is 12.2. The minimum atomic E-state index is -3.62. The maximum Gasteiger partial charge on any atom is 0.326 e. The van der Waals surface area contributed by atoms with Gasteiger partial charge in [-0.3, -0.25) is 9.59 Å². The van der Waals surface area contributed by atoms with Crippen LogP contribution in [0.4, 0.5) is 0 Å². The van der Waals surface area contributed by atoms with E-state index in [2.05, 4.69) is 11.9 Å². The summed E-state index contributed by atoms with van der Waals surface area (Å²) in [6.45, 7) is 6.44. The highest BCUT2D eigenvalue weighted by atomic mass is 32.2. The number of aryl methyl sites for hydroxylation is 1. The first kappa shape index (κ1) is 26.2. The molecular weight excluding hydrogens is 498 g/mol. The molecule has 1 aliphatic rings. The van der Waals surface area contributed by atoms with Crippen LogP contribution in [0.2, 0.25) is 0 Å². The molecule has 1 fully saturated rings. The van der Waals surface area contributed by atoms with Gasteiger partial charge in [-0.15, -0.1) is 0 Å². The highest BCUT2D eigenvalue weighted by Crippen LogP contribution is 2.25. The smallest absolute Gasteiger partial charge is 0.326 e. The van der Waals surface area contributed by atoms with Crippen LogP contribution >= 0.6 is 11.3 Å². The second-order valence-corrected chi connectivity index (χ2v) is 11.7. The monoisotopic (exact) mass is 529 g/mol. The SMILES string of the molecule is CCOC(=O)Cn1c(=NC(=O)c2ccc(S(=O)(=O)N3CCCCC3C)cc2)sc2cc(CC)ccc21. The van der Waals surface area contributed by atoms with Crippen molar-refractivity contribution in [2.45, 2.75) is 63.9 Å². The first-order chi connectivity index (χ1) is 17.2. The van der Waals surface area contributed by atoms with Crippen LogP contribution in [0.3, 0.4) is 0 Å². The molecule has 3 aromatic rings. The quantitative estimate of drug-likeness (QED) is 0.429. The van der Waals surface area contributed by atoms with Crippen molar-refractivity contribution >= 4 is 43.5 Å². The van der Waals surface area contributed by atoms with E-state index in [1.54, 1.807) is 11.5 Å². The molecule has 1 unspecified atom stereocenters. The lowest BCUT2D eigenvalue weighted by atomic mass is 10.1. The molecule has 192 valence electrons. The van der Waals surface area contributed by atoms with Crippen molar-refractivity contribution in [1.29, 1.82) is 0 Å². The third-order valence-corrected chi connectivity index (χ3v) is 9.46. The van der Waals surface area contributed by atoms with Gasteiger partial charge in [0.05, 0.1) is 21.7 Å². The van der Waals surface area contributed by atoms with Crippen LogP contribution < -0.4 is 4.80 Å². The van der Waals surface area contributed by atoms with Gasteiger partial charge >= 0.3 is 5.97 Å². The van der Waals surface area contributed by atoms with E-state index in [1.165, 1.54) is 39.9 Å². The van der Waals surface area contributed by atoms with E-state index in [4.69, 9.17) is 4.74 Å². The van der Waals surface area contributed by atoms with Gasteiger partial charge in [-0.05, 0) is 75.1 Å². The van der Waals surface area contributed by atoms with Gasteiger partial charge in [0.2, 0.25) is 10.0 Å². The molecule has 0 aliphatic carbocycles. The Morgan fingerprint density at radius 1 is 1.11 bits per heavy atom. The number of sulfonamides is 1. The number of benzene rings is 2. The van der Waals surface area contributed by atoms with Gasteiger partial charge in [0.25, 0.3) is 5.91 Å². The molecule has 0 spiro atoms. The number of fused-ring (bicyclic) bond motifs is 1. The topological polar surface area (TPSA) is 98.0 Å². The molecule has 0 radical (unpaired) electrons. The average molecular weight is 530 g/mol. The zero-order valence-electron chi connectivity index (χ0n) is 20.8. The average Bonchev–Trinajstić information content (AvgIpc) is 3.20. The van der Waals surface area contributed by atoms with Crippen LogP contribution in [0.5, 0.6) is 0 Å². The molecule has 2 heterocycles. The fourth-order valence-electron chi connectivity index (χ4n) is 4.40. The predicted octanol–water partition coefficient (Wildman–Crippen LogP) is 4.13. The molecule has 8 nitrogen and oxygen atoms in total. The second-order valence-electron chi connectivity index (χ2n) is 8.83. The van der Waals surface area contributed by atoms with Gasteiger partial charge < -0.3 is 9.30 Å². The molecule has 1 aliphatic heterocycles. The van der Waals surface area contributed by atoms with Crippen LogP contribution in [0.25, 0.3) is 10.2 Å². The first-order valence-corrected chi connectivity index (χ1v) is 14.5. The molecule has 1 amide bonds. The number of piperidine rings is 1. The van der Waals surface area contributed by atoms with Gasteiger partial charge in [0.1, 0.15) is 6.54 Å². The van der Waals surface area contributed by atoms with E-state index >= 15 is 0 Å². The normalized spacial score (nSPS) is 17.4. The van der Waals surface area contributed by atoms with Gasteiger partial charge in [0, 0.05) is 18.2 Å². The summed E-state index contributed by atoms with van der Waals surface area (Å²) in [6.07, 6.45) is 3.58. The maximum absolute atomic E-state index is 13.1. The van der Waals surface area contributed by atoms with Gasteiger partial charge in [-0.1, -0.05) is 30.7 Å². The number of aromatic nitrogens is 1. The van der Waals surface area contributed by atoms with Crippen molar-refractivity contribution in [3.8, 4) is 0 Å². The summed E-state index contributed by atoms with van der Waals surface area (Å²) in [7, 11) is -3.62. The number of amides is 1. The van der Waals surface area contributed by atoms with Crippen molar-refractivity contribution in [3.05, 3.63) is 58.4 Å². The Bertz CT molecular complexity index is 1440. The van der Waals surface area contributed by atoms with Crippen LogP contribution in [-0.4, -0.2) is 48.4 Å². The van der Waals surface area contributed by atoms with Crippen molar-refractivity contribution in [2.75, 3.05) is 13.2 Å². The standard InChI is InChI=1S/C26H31N3O5S2/c1-4-19-9-14-22-23(16-19)35-26(28(22)17-24(30)34-5-2)27-25(31)20-10-12-21(13-11-20)36(32,33)29-15-7-6-8-18(29)3/h9-14,16,18H,4-8,15,17H2,1-3H3. The highest BCUT2D eigenvalue weighted by Gasteiger charge is 2.31. The lowest BCUT2D eigenvalue weighted by Crippen LogP contribution is -2.41. The molecule has 10 heteroatoms. The largest absolute Gasteiger partial charge is 0.465 e. The summed E-state index contributed by atoms with van der Waals surface area (Å²) in [5.74, 6) is -0.919. The summed E-state index contributed by atoms with van der Waals surface area (Å²) in [5.41, 5.74) is 2.22. The zero-order valence-corrected chi connectivity index (χ0v) is 22.4. The van der Waals surface area contributed by atoms with E-state index in [1.807, 2.05) is 25.1 Å². The summed E-state index contributed by atoms with van der Waals surface area (Å²) in [5, 5.41) is 0. The number of thiazole rings is 1. The molecular formula is C26H31N3O5S2. The van der Waals surface area contributed by atoms with E-state index in [0.717, 1.165) is 41.5 Å². The van der Waals surface area contributed by atoms with Crippen molar-refractivity contribution in [2.24, 2.45) is 4.99 Å². The van der Waals surface area contributed by atoms with Crippen molar-refractivity contribution in [1.82, 2.24) is 8.87 Å². The molecule has 0 bridgehead atoms. The molecule has 0 N–H and O–H groups in total. The maximum atomic E-state index is 13.1. The fraction of sp³-hybridized carbons (Fsp3) is 0.423. The van der Waals surface area contributed by atoms with Crippen LogP contribution in [0.15, 0.2) is 52.4 Å². The summed E-state index contributed by atoms with van der Waals surface area (Å²) < 4.78 is 35.4. The zero-order chi connectivity index (χ0) is 25.9. The Labute approximate surface area is 215 Å². The van der Waals surface area contributed by atoms with Gasteiger partial charge in [-0.2, -0.15) is 9.30 Å². The second kappa shape index (κ2) is 11.1. The molecule has 4 rings (SSSR count). The number of esters is 1. The number of carbonyl (C=O) groups excluding carboxylic acids is 2. The molecule has 1 aromatic heterocycles. The van der Waals surface area contributed by atoms with Crippen molar-refractivity contribution < 1.29 is 22.7 Å². The number of rotatable bonds is 7. The number of hydrogen-bond acceptors (Lipinski definition) is 6. The number of hydrogen-bond donors (Lipinski definition) is 0. The lowest BCUT2D eigenvalue weighted by molar-refractivity contribution is -0.143. The molecule has 1 atom stereocenters. The third kappa shape index (κ3) is 5.45. The molecule has 36 heavy (non-hydrogen) atoms. The molecule has 2 aromatic carbocycles. The van der Waals surface area contributed by atoms with E-state index in [0.29, 0.717) is 11.3 Å². The van der Waals surface area contributed by atoms with Crippen LogP contribution in [0.1, 0.15) is 56.0 Å². The Hall–Kier alpha value is -2.82. The summed E-state index contributed by atoms with van der Waals surface area (Å²) >= 11 is 1.33. The van der Waals surface area contributed by atoms with Crippen LogP contribution in [-0.2, 0) is 32.5 Å². The van der Waals surface area contributed by atoms with Gasteiger partial charge in [0.15, 0.2) is 4.80 Å². The Balaban J connectivity index is 1.67. The Morgan fingerprint density at radius 2 is 1.86 bits per heavy atom. The molecule has 0 saturated carbocycles. The summed E-state index contributed by atoms with van der Waals surface area (Å²) in [4.78, 5) is 30.1. The van der Waals surface area contributed by atoms with E-state index in [9.17, 15) is 18.0 Å². The Kier molecular flexibility index (Phi) is 8.07. The minimum absolute atomic E-state index is 0.0453. The highest BCUT2D eigenvalue weighted by molar-refractivity contribution is 7.89.